The summed E-state index contributed by atoms with van der Waals surface area (Å²) in [5, 5.41) is 0. The van der Waals surface area contributed by atoms with Crippen molar-refractivity contribution >= 4 is 5.97 Å². The molecule has 0 aromatic heterocycles. The van der Waals surface area contributed by atoms with Gasteiger partial charge in [-0.3, -0.25) is 4.79 Å². The Hall–Kier alpha value is -1.31. The highest BCUT2D eigenvalue weighted by Crippen LogP contribution is 2.15. The van der Waals surface area contributed by atoms with Crippen LogP contribution in [0.5, 0.6) is 0 Å². The van der Waals surface area contributed by atoms with E-state index in [-0.39, 0.29) is 11.9 Å². The third-order valence-corrected chi connectivity index (χ3v) is 1.85. The lowest BCUT2D eigenvalue weighted by atomic mass is 10.0. The van der Waals surface area contributed by atoms with Gasteiger partial charge in [0.2, 0.25) is 0 Å². The predicted molar refractivity (Wildman–Crippen MR) is 46.9 cm³/mol. The fourth-order valence-electron chi connectivity index (χ4n) is 1.05. The van der Waals surface area contributed by atoms with E-state index < -0.39 is 0 Å². The molecule has 12 heavy (non-hydrogen) atoms. The maximum Gasteiger partial charge on any atom is 0.312 e. The van der Waals surface area contributed by atoms with Gasteiger partial charge in [0.15, 0.2) is 0 Å². The SMILES string of the molecule is COC(=O)C(C)c1ccccc1. The van der Waals surface area contributed by atoms with Gasteiger partial charge in [-0.25, -0.2) is 0 Å². The molecule has 1 unspecified atom stereocenters. The van der Waals surface area contributed by atoms with E-state index in [0.29, 0.717) is 0 Å². The quantitative estimate of drug-likeness (QED) is 0.624. The Labute approximate surface area is 72.2 Å². The zero-order valence-corrected chi connectivity index (χ0v) is 7.28. The van der Waals surface area contributed by atoms with E-state index in [1.54, 1.807) is 0 Å². The van der Waals surface area contributed by atoms with E-state index in [2.05, 4.69) is 4.74 Å². The summed E-state index contributed by atoms with van der Waals surface area (Å²) in [6.45, 7) is 1.83. The lowest BCUT2D eigenvalue weighted by molar-refractivity contribution is -0.141. The Morgan fingerprint density at radius 3 is 2.42 bits per heavy atom. The van der Waals surface area contributed by atoms with Crippen molar-refractivity contribution in [2.24, 2.45) is 0 Å². The zero-order valence-electron chi connectivity index (χ0n) is 7.28. The monoisotopic (exact) mass is 164 g/mol. The number of hydrogen-bond donors (Lipinski definition) is 0. The van der Waals surface area contributed by atoms with E-state index in [1.165, 1.54) is 7.11 Å². The first kappa shape index (κ1) is 8.78. The molecule has 0 bridgehead atoms. The highest BCUT2D eigenvalue weighted by Gasteiger charge is 2.14. The van der Waals surface area contributed by atoms with E-state index in [0.717, 1.165) is 5.56 Å². The Kier molecular flexibility index (Phi) is 2.86. The molecule has 0 spiro atoms. The molecule has 1 rings (SSSR count). The van der Waals surface area contributed by atoms with Crippen molar-refractivity contribution in [1.29, 1.82) is 0 Å². The van der Waals surface area contributed by atoms with Crippen LogP contribution in [0.1, 0.15) is 18.4 Å². The number of carbonyl (C=O) groups excluding carboxylic acids is 1. The molecule has 2 heteroatoms. The highest BCUT2D eigenvalue weighted by molar-refractivity contribution is 5.77. The molecule has 0 heterocycles. The number of hydrogen-bond acceptors (Lipinski definition) is 2. The van der Waals surface area contributed by atoms with Gasteiger partial charge in [-0.1, -0.05) is 30.3 Å². The number of ether oxygens (including phenoxy) is 1. The van der Waals surface area contributed by atoms with Gasteiger partial charge in [0.25, 0.3) is 0 Å². The van der Waals surface area contributed by atoms with Gasteiger partial charge in [0.1, 0.15) is 0 Å². The Morgan fingerprint density at radius 1 is 1.33 bits per heavy atom. The molecule has 0 fully saturated rings. The number of methoxy groups -OCH3 is 1. The number of rotatable bonds is 2. The smallest absolute Gasteiger partial charge is 0.312 e. The van der Waals surface area contributed by atoms with Gasteiger partial charge < -0.3 is 4.74 Å². The van der Waals surface area contributed by atoms with E-state index in [9.17, 15) is 4.79 Å². The van der Waals surface area contributed by atoms with Crippen molar-refractivity contribution in [2.75, 3.05) is 7.11 Å². The number of benzene rings is 1. The molecule has 2 nitrogen and oxygen atoms in total. The van der Waals surface area contributed by atoms with Gasteiger partial charge in [0, 0.05) is 0 Å². The van der Waals surface area contributed by atoms with Gasteiger partial charge >= 0.3 is 5.97 Å². The summed E-state index contributed by atoms with van der Waals surface area (Å²) in [6.07, 6.45) is 0. The first-order valence-electron chi connectivity index (χ1n) is 3.88. The predicted octanol–water partition coefficient (Wildman–Crippen LogP) is 1.96. The number of esters is 1. The van der Waals surface area contributed by atoms with E-state index >= 15 is 0 Å². The van der Waals surface area contributed by atoms with Crippen LogP contribution in [-0.4, -0.2) is 13.1 Å². The average molecular weight is 164 g/mol. The molecule has 0 aliphatic rings. The number of carbonyl (C=O) groups is 1. The summed E-state index contributed by atoms with van der Waals surface area (Å²) in [5.74, 6) is -0.364. The summed E-state index contributed by atoms with van der Waals surface area (Å²) in [7, 11) is 1.40. The third-order valence-electron chi connectivity index (χ3n) is 1.85. The third kappa shape index (κ3) is 1.84. The largest absolute Gasteiger partial charge is 0.469 e. The molecule has 0 aliphatic heterocycles. The van der Waals surface area contributed by atoms with Crippen LogP contribution in [0, 0.1) is 0 Å². The van der Waals surface area contributed by atoms with Crippen LogP contribution in [0.25, 0.3) is 0 Å². The van der Waals surface area contributed by atoms with Crippen molar-refractivity contribution < 1.29 is 9.53 Å². The standard InChI is InChI=1S/C10H12O2/c1-8(10(11)12-2)9-6-4-3-5-7-9/h3-8H,1-2H3. The van der Waals surface area contributed by atoms with Crippen LogP contribution in [0.3, 0.4) is 0 Å². The molecule has 0 radical (unpaired) electrons. The minimum atomic E-state index is -0.193. The van der Waals surface area contributed by atoms with Gasteiger partial charge in [-0.15, -0.1) is 0 Å². The maximum absolute atomic E-state index is 11.1. The summed E-state index contributed by atoms with van der Waals surface area (Å²) < 4.78 is 4.63. The van der Waals surface area contributed by atoms with Crippen LogP contribution in [0.4, 0.5) is 0 Å². The Balaban J connectivity index is 2.78. The summed E-state index contributed by atoms with van der Waals surface area (Å²) in [6, 6.07) is 9.58. The van der Waals surface area contributed by atoms with Crippen LogP contribution in [0.15, 0.2) is 30.3 Å². The van der Waals surface area contributed by atoms with Crippen molar-refractivity contribution in [1.82, 2.24) is 0 Å². The Morgan fingerprint density at radius 2 is 1.92 bits per heavy atom. The van der Waals surface area contributed by atoms with Crippen molar-refractivity contribution in [3.63, 3.8) is 0 Å². The second-order valence-electron chi connectivity index (χ2n) is 2.66. The van der Waals surface area contributed by atoms with Crippen LogP contribution >= 0.6 is 0 Å². The fraction of sp³-hybridized carbons (Fsp3) is 0.300. The van der Waals surface area contributed by atoms with Crippen molar-refractivity contribution in [3.05, 3.63) is 35.9 Å². The molecule has 1 aromatic rings. The van der Waals surface area contributed by atoms with Crippen LogP contribution < -0.4 is 0 Å². The molecular formula is C10H12O2. The lowest BCUT2D eigenvalue weighted by Crippen LogP contribution is -2.10. The van der Waals surface area contributed by atoms with Crippen LogP contribution in [0.2, 0.25) is 0 Å². The summed E-state index contributed by atoms with van der Waals surface area (Å²) >= 11 is 0. The summed E-state index contributed by atoms with van der Waals surface area (Å²) in [4.78, 5) is 11.1. The maximum atomic E-state index is 11.1. The Bertz CT molecular complexity index is 254. The first-order chi connectivity index (χ1) is 5.75. The highest BCUT2D eigenvalue weighted by atomic mass is 16.5. The summed E-state index contributed by atoms with van der Waals surface area (Å²) in [5.41, 5.74) is 0.990. The zero-order chi connectivity index (χ0) is 8.97. The molecule has 1 aromatic carbocycles. The molecule has 0 amide bonds. The molecule has 0 N–H and O–H groups in total. The van der Waals surface area contributed by atoms with E-state index in [4.69, 9.17) is 0 Å². The van der Waals surface area contributed by atoms with Gasteiger partial charge in [0.05, 0.1) is 13.0 Å². The second kappa shape index (κ2) is 3.90. The van der Waals surface area contributed by atoms with Gasteiger partial charge in [-0.2, -0.15) is 0 Å². The average Bonchev–Trinajstić information content (AvgIpc) is 2.17. The molecule has 64 valence electrons. The lowest BCUT2D eigenvalue weighted by Gasteiger charge is -2.08. The normalized spacial score (nSPS) is 12.2. The van der Waals surface area contributed by atoms with Crippen LogP contribution in [-0.2, 0) is 9.53 Å². The topological polar surface area (TPSA) is 26.3 Å². The fourth-order valence-corrected chi connectivity index (χ4v) is 1.05. The molecule has 0 saturated heterocycles. The molecule has 0 saturated carbocycles. The molecule has 0 aliphatic carbocycles. The second-order valence-corrected chi connectivity index (χ2v) is 2.66. The molecular weight excluding hydrogens is 152 g/mol. The van der Waals surface area contributed by atoms with E-state index in [1.807, 2.05) is 37.3 Å². The van der Waals surface area contributed by atoms with Gasteiger partial charge in [-0.05, 0) is 12.5 Å². The first-order valence-corrected chi connectivity index (χ1v) is 3.88. The minimum absolute atomic E-state index is 0.170. The van der Waals surface area contributed by atoms with Crippen molar-refractivity contribution in [2.45, 2.75) is 12.8 Å². The minimum Gasteiger partial charge on any atom is -0.469 e. The molecule has 1 atom stereocenters. The van der Waals surface area contributed by atoms with Crippen molar-refractivity contribution in [3.8, 4) is 0 Å².